The van der Waals surface area contributed by atoms with Gasteiger partial charge in [-0.15, -0.1) is 0 Å². The summed E-state index contributed by atoms with van der Waals surface area (Å²) in [6, 6.07) is 13.2. The number of sulfonamides is 1. The van der Waals surface area contributed by atoms with Gasteiger partial charge >= 0.3 is 0 Å². The molecule has 0 aliphatic rings. The van der Waals surface area contributed by atoms with Gasteiger partial charge in [0.1, 0.15) is 11.6 Å². The Morgan fingerprint density at radius 1 is 0.969 bits per heavy atom. The van der Waals surface area contributed by atoms with Gasteiger partial charge in [0, 0.05) is 11.8 Å². The van der Waals surface area contributed by atoms with E-state index in [2.05, 4.69) is 5.32 Å². The van der Waals surface area contributed by atoms with Crippen LogP contribution in [0.15, 0.2) is 65.6 Å². The fourth-order valence-corrected chi connectivity index (χ4v) is 3.45. The Morgan fingerprint density at radius 3 is 2.31 bits per heavy atom. The maximum Gasteiger partial charge on any atom is 0.259 e. The summed E-state index contributed by atoms with van der Waals surface area (Å²) in [6.07, 6.45) is 0. The number of amides is 1. The molecule has 3 N–H and O–H groups in total. The lowest BCUT2D eigenvalue weighted by Gasteiger charge is -2.21. The lowest BCUT2D eigenvalue weighted by atomic mass is 9.86. The second-order valence-corrected chi connectivity index (χ2v) is 9.73. The molecule has 0 spiro atoms. The van der Waals surface area contributed by atoms with Crippen LogP contribution in [0.5, 0.6) is 11.5 Å². The van der Waals surface area contributed by atoms with Crippen LogP contribution < -0.4 is 15.2 Å². The van der Waals surface area contributed by atoms with Crippen LogP contribution in [0.25, 0.3) is 0 Å². The molecule has 3 aromatic carbocycles. The molecule has 0 heterocycles. The molecule has 1 amide bonds. The zero-order valence-electron chi connectivity index (χ0n) is 17.6. The predicted molar refractivity (Wildman–Crippen MR) is 117 cm³/mol. The SMILES string of the molecule is CC(C)(C)c1ccc(C(=O)Nc2cccc(S(N)(=O)=O)c2)c(Oc2ccc(F)cc2F)c1. The van der Waals surface area contributed by atoms with Gasteiger partial charge in [-0.1, -0.05) is 32.9 Å². The highest BCUT2D eigenvalue weighted by Crippen LogP contribution is 2.33. The summed E-state index contributed by atoms with van der Waals surface area (Å²) >= 11 is 0. The van der Waals surface area contributed by atoms with Gasteiger partial charge in [0.15, 0.2) is 11.6 Å². The molecule has 0 saturated carbocycles. The van der Waals surface area contributed by atoms with Crippen molar-refractivity contribution in [1.82, 2.24) is 0 Å². The van der Waals surface area contributed by atoms with Crippen LogP contribution >= 0.6 is 0 Å². The number of benzene rings is 3. The number of halogens is 2. The Morgan fingerprint density at radius 2 is 1.69 bits per heavy atom. The number of rotatable bonds is 5. The van der Waals surface area contributed by atoms with Crippen LogP contribution in [0.4, 0.5) is 14.5 Å². The summed E-state index contributed by atoms with van der Waals surface area (Å²) in [5.41, 5.74) is 0.795. The Bertz CT molecular complexity index is 1290. The zero-order valence-corrected chi connectivity index (χ0v) is 18.5. The average Bonchev–Trinajstić information content (AvgIpc) is 2.69. The minimum Gasteiger partial charge on any atom is -0.453 e. The lowest BCUT2D eigenvalue weighted by Crippen LogP contribution is -2.17. The first-order valence-electron chi connectivity index (χ1n) is 9.56. The second kappa shape index (κ2) is 8.68. The van der Waals surface area contributed by atoms with Crippen LogP contribution in [-0.2, 0) is 15.4 Å². The molecular weight excluding hydrogens is 438 g/mol. The van der Waals surface area contributed by atoms with Crippen molar-refractivity contribution < 1.29 is 26.7 Å². The van der Waals surface area contributed by atoms with E-state index in [4.69, 9.17) is 9.88 Å². The van der Waals surface area contributed by atoms with Crippen LogP contribution in [0.1, 0.15) is 36.7 Å². The number of nitrogens with two attached hydrogens (primary N) is 1. The summed E-state index contributed by atoms with van der Waals surface area (Å²) in [5.74, 6) is -2.48. The molecule has 0 aromatic heterocycles. The van der Waals surface area contributed by atoms with Crippen molar-refractivity contribution in [2.75, 3.05) is 5.32 Å². The highest BCUT2D eigenvalue weighted by molar-refractivity contribution is 7.89. The molecule has 3 aromatic rings. The monoisotopic (exact) mass is 460 g/mol. The summed E-state index contributed by atoms with van der Waals surface area (Å²) in [4.78, 5) is 12.8. The summed E-state index contributed by atoms with van der Waals surface area (Å²) in [6.45, 7) is 5.88. The molecule has 3 rings (SSSR count). The van der Waals surface area contributed by atoms with Crippen molar-refractivity contribution >= 4 is 21.6 Å². The van der Waals surface area contributed by atoms with Crippen molar-refractivity contribution in [3.05, 3.63) is 83.4 Å². The van der Waals surface area contributed by atoms with Gasteiger partial charge in [0.2, 0.25) is 10.0 Å². The Labute approximate surface area is 185 Å². The third-order valence-corrected chi connectivity index (χ3v) is 5.54. The van der Waals surface area contributed by atoms with Crippen molar-refractivity contribution in [2.24, 2.45) is 5.14 Å². The fraction of sp³-hybridized carbons (Fsp3) is 0.174. The molecule has 0 atom stereocenters. The maximum absolute atomic E-state index is 14.2. The molecule has 0 radical (unpaired) electrons. The molecule has 0 aliphatic heterocycles. The average molecular weight is 461 g/mol. The van der Waals surface area contributed by atoms with Crippen molar-refractivity contribution in [3.8, 4) is 11.5 Å². The van der Waals surface area contributed by atoms with Crippen molar-refractivity contribution in [3.63, 3.8) is 0 Å². The number of anilines is 1. The van der Waals surface area contributed by atoms with E-state index in [9.17, 15) is 22.0 Å². The number of nitrogens with one attached hydrogen (secondary N) is 1. The lowest BCUT2D eigenvalue weighted by molar-refractivity contribution is 0.102. The molecule has 168 valence electrons. The van der Waals surface area contributed by atoms with Gasteiger partial charge in [0.05, 0.1) is 10.5 Å². The largest absolute Gasteiger partial charge is 0.453 e. The topological polar surface area (TPSA) is 98.5 Å². The standard InChI is InChI=1S/C23H22F2N2O4S/c1-23(2,3)14-7-9-18(21(11-14)31-20-10-8-15(24)12-19(20)25)22(28)27-16-5-4-6-17(13-16)32(26,29)30/h4-13H,1-3H3,(H,27,28)(H2,26,29,30). The first-order valence-corrected chi connectivity index (χ1v) is 11.1. The second-order valence-electron chi connectivity index (χ2n) is 8.16. The third-order valence-electron chi connectivity index (χ3n) is 4.63. The van der Waals surface area contributed by atoms with Gasteiger partial charge in [-0.3, -0.25) is 4.79 Å². The highest BCUT2D eigenvalue weighted by Gasteiger charge is 2.21. The van der Waals surface area contributed by atoms with Gasteiger partial charge in [-0.2, -0.15) is 0 Å². The Kier molecular flexibility index (Phi) is 6.34. The van der Waals surface area contributed by atoms with Crippen molar-refractivity contribution in [2.45, 2.75) is 31.1 Å². The third kappa shape index (κ3) is 5.49. The van der Waals surface area contributed by atoms with Gasteiger partial charge in [0.25, 0.3) is 5.91 Å². The van der Waals surface area contributed by atoms with Crippen LogP contribution in [-0.4, -0.2) is 14.3 Å². The van der Waals surface area contributed by atoms with E-state index in [0.29, 0.717) is 6.07 Å². The number of primary sulfonamides is 1. The first-order chi connectivity index (χ1) is 14.8. The predicted octanol–water partition coefficient (Wildman–Crippen LogP) is 4.95. The van der Waals surface area contributed by atoms with E-state index >= 15 is 0 Å². The summed E-state index contributed by atoms with van der Waals surface area (Å²) in [7, 11) is -3.95. The zero-order chi connectivity index (χ0) is 23.7. The molecule has 0 bridgehead atoms. The van der Waals surface area contributed by atoms with Gasteiger partial charge < -0.3 is 10.1 Å². The van der Waals surface area contributed by atoms with Crippen LogP contribution in [0.3, 0.4) is 0 Å². The van der Waals surface area contributed by atoms with E-state index in [1.807, 2.05) is 20.8 Å². The number of ether oxygens (including phenoxy) is 1. The van der Waals surface area contributed by atoms with Crippen LogP contribution in [0, 0.1) is 11.6 Å². The molecule has 0 fully saturated rings. The molecule has 0 aliphatic carbocycles. The summed E-state index contributed by atoms with van der Waals surface area (Å²) in [5, 5.41) is 7.72. The molecule has 9 heteroatoms. The minimum atomic E-state index is -3.95. The van der Waals surface area contributed by atoms with E-state index in [-0.39, 0.29) is 33.1 Å². The smallest absolute Gasteiger partial charge is 0.259 e. The number of carbonyl (C=O) groups excluding carboxylic acids is 1. The van der Waals surface area contributed by atoms with Gasteiger partial charge in [-0.05, 0) is 53.4 Å². The highest BCUT2D eigenvalue weighted by atomic mass is 32.2. The molecule has 0 unspecified atom stereocenters. The minimum absolute atomic E-state index is 0.0584. The quantitative estimate of drug-likeness (QED) is 0.563. The van der Waals surface area contributed by atoms with E-state index in [1.165, 1.54) is 30.3 Å². The van der Waals surface area contributed by atoms with Crippen LogP contribution in [0.2, 0.25) is 0 Å². The van der Waals surface area contributed by atoms with E-state index in [1.54, 1.807) is 12.1 Å². The Hall–Kier alpha value is -3.30. The number of hydrogen-bond acceptors (Lipinski definition) is 4. The normalized spacial score (nSPS) is 11.8. The molecular formula is C23H22F2N2O4S. The van der Waals surface area contributed by atoms with E-state index < -0.39 is 27.6 Å². The van der Waals surface area contributed by atoms with Gasteiger partial charge in [-0.25, -0.2) is 22.3 Å². The molecule has 6 nitrogen and oxygen atoms in total. The Balaban J connectivity index is 2.00. The molecule has 0 saturated heterocycles. The van der Waals surface area contributed by atoms with Crippen molar-refractivity contribution in [1.29, 1.82) is 0 Å². The number of hydrogen-bond donors (Lipinski definition) is 2. The first kappa shape index (κ1) is 23.4. The van der Waals surface area contributed by atoms with E-state index in [0.717, 1.165) is 17.7 Å². The maximum atomic E-state index is 14.2. The fourth-order valence-electron chi connectivity index (χ4n) is 2.89. The molecule has 32 heavy (non-hydrogen) atoms. The number of carbonyl (C=O) groups is 1. The summed E-state index contributed by atoms with van der Waals surface area (Å²) < 4.78 is 56.2.